The molecule has 0 aromatic heterocycles. The molecule has 1 rings (SSSR count). The first-order chi connectivity index (χ1) is 8.72. The summed E-state index contributed by atoms with van der Waals surface area (Å²) in [6.07, 6.45) is 2.35. The molecule has 102 valence electrons. The van der Waals surface area contributed by atoms with Crippen LogP contribution in [0.5, 0.6) is 0 Å². The Morgan fingerprint density at radius 1 is 1.22 bits per heavy atom. The fourth-order valence-electron chi connectivity index (χ4n) is 2.06. The van der Waals surface area contributed by atoms with Gasteiger partial charge in [-0.1, -0.05) is 20.3 Å². The maximum absolute atomic E-state index is 13.3. The van der Waals surface area contributed by atoms with Crippen LogP contribution in [0.3, 0.4) is 0 Å². The van der Waals surface area contributed by atoms with Crippen LogP contribution >= 0.6 is 0 Å². The van der Waals surface area contributed by atoms with Crippen molar-refractivity contribution in [3.05, 3.63) is 29.6 Å². The van der Waals surface area contributed by atoms with E-state index in [0.29, 0.717) is 0 Å². The number of unbranched alkanes of at least 4 members (excludes halogenated alkanes) is 1. The van der Waals surface area contributed by atoms with Gasteiger partial charge in [0.25, 0.3) is 0 Å². The predicted molar refractivity (Wildman–Crippen MR) is 76.6 cm³/mol. The van der Waals surface area contributed by atoms with Gasteiger partial charge in [0.2, 0.25) is 0 Å². The highest BCUT2D eigenvalue weighted by Gasteiger charge is 2.10. The fourth-order valence-corrected chi connectivity index (χ4v) is 2.06. The number of nitrogens with zero attached hydrogens (tertiary/aromatic N) is 1. The molecule has 0 aliphatic rings. The molecule has 0 fully saturated rings. The lowest BCUT2D eigenvalue weighted by Crippen LogP contribution is -2.26. The molecular weight excluding hydrogens is 227 g/mol. The minimum absolute atomic E-state index is 0.154. The zero-order chi connectivity index (χ0) is 13.4. The van der Waals surface area contributed by atoms with E-state index in [-0.39, 0.29) is 5.82 Å². The van der Waals surface area contributed by atoms with E-state index in [1.165, 1.54) is 12.8 Å². The largest absolute Gasteiger partial charge is 0.372 e. The summed E-state index contributed by atoms with van der Waals surface area (Å²) in [5.41, 5.74) is 2.21. The first kappa shape index (κ1) is 15.0. The molecule has 0 saturated heterocycles. The lowest BCUT2D eigenvalue weighted by molar-refractivity contribution is 0.620. The quantitative estimate of drug-likeness (QED) is 0.761. The minimum Gasteiger partial charge on any atom is -0.372 e. The lowest BCUT2D eigenvalue weighted by atomic mass is 10.1. The summed E-state index contributed by atoms with van der Waals surface area (Å²) in [5.74, 6) is -0.154. The summed E-state index contributed by atoms with van der Waals surface area (Å²) >= 11 is 0. The van der Waals surface area contributed by atoms with Crippen molar-refractivity contribution in [2.75, 3.05) is 24.5 Å². The second kappa shape index (κ2) is 8.09. The van der Waals surface area contributed by atoms with Gasteiger partial charge in [0.1, 0.15) is 5.82 Å². The van der Waals surface area contributed by atoms with E-state index in [1.807, 2.05) is 6.07 Å². The molecule has 0 spiro atoms. The molecule has 0 amide bonds. The van der Waals surface area contributed by atoms with Gasteiger partial charge in [-0.05, 0) is 43.7 Å². The van der Waals surface area contributed by atoms with Crippen LogP contribution in [0.25, 0.3) is 0 Å². The number of anilines is 1. The van der Waals surface area contributed by atoms with Crippen molar-refractivity contribution in [1.29, 1.82) is 0 Å². The average molecular weight is 252 g/mol. The van der Waals surface area contributed by atoms with E-state index >= 15 is 0 Å². The van der Waals surface area contributed by atoms with Gasteiger partial charge < -0.3 is 10.2 Å². The monoisotopic (exact) mass is 252 g/mol. The van der Waals surface area contributed by atoms with Crippen LogP contribution < -0.4 is 10.2 Å². The Morgan fingerprint density at radius 3 is 2.61 bits per heavy atom. The van der Waals surface area contributed by atoms with Gasteiger partial charge in [-0.2, -0.15) is 0 Å². The van der Waals surface area contributed by atoms with Gasteiger partial charge in [-0.15, -0.1) is 0 Å². The molecule has 0 aliphatic carbocycles. The molecule has 0 radical (unpaired) electrons. The summed E-state index contributed by atoms with van der Waals surface area (Å²) in [7, 11) is 0. The van der Waals surface area contributed by atoms with Crippen LogP contribution in [0, 0.1) is 5.82 Å². The molecule has 3 heteroatoms. The first-order valence-electron chi connectivity index (χ1n) is 6.97. The molecule has 2 nitrogen and oxygen atoms in total. The number of rotatable bonds is 8. The molecule has 0 heterocycles. The van der Waals surface area contributed by atoms with E-state index in [1.54, 1.807) is 12.1 Å². The standard InChI is InChI=1S/C15H25FN2/c1-4-7-10-18(6-3)15-9-8-14(16)11-13(15)12-17-5-2/h8-9,11,17H,4-7,10,12H2,1-3H3. The second-order valence-electron chi connectivity index (χ2n) is 4.49. The van der Waals surface area contributed by atoms with Gasteiger partial charge in [0.15, 0.2) is 0 Å². The molecule has 0 saturated carbocycles. The van der Waals surface area contributed by atoms with E-state index in [2.05, 4.69) is 31.0 Å². The third-order valence-electron chi connectivity index (χ3n) is 3.11. The third kappa shape index (κ3) is 4.30. The van der Waals surface area contributed by atoms with Gasteiger partial charge in [-0.25, -0.2) is 4.39 Å². The zero-order valence-corrected chi connectivity index (χ0v) is 11.8. The van der Waals surface area contributed by atoms with E-state index in [4.69, 9.17) is 0 Å². The molecule has 0 bridgehead atoms. The van der Waals surface area contributed by atoms with Crippen LogP contribution in [-0.4, -0.2) is 19.6 Å². The Bertz CT molecular complexity index is 352. The van der Waals surface area contributed by atoms with Crippen molar-refractivity contribution in [3.8, 4) is 0 Å². The molecule has 1 aromatic rings. The van der Waals surface area contributed by atoms with Crippen LogP contribution in [-0.2, 0) is 6.54 Å². The molecule has 0 aliphatic heterocycles. The summed E-state index contributed by atoms with van der Waals surface area (Å²) in [4.78, 5) is 2.33. The van der Waals surface area contributed by atoms with Crippen LogP contribution in [0.2, 0.25) is 0 Å². The van der Waals surface area contributed by atoms with E-state index in [9.17, 15) is 4.39 Å². The first-order valence-corrected chi connectivity index (χ1v) is 6.97. The normalized spacial score (nSPS) is 10.7. The van der Waals surface area contributed by atoms with E-state index in [0.717, 1.165) is 37.4 Å². The zero-order valence-electron chi connectivity index (χ0n) is 11.8. The van der Waals surface area contributed by atoms with Crippen molar-refractivity contribution in [2.45, 2.75) is 40.2 Å². The van der Waals surface area contributed by atoms with Crippen molar-refractivity contribution in [3.63, 3.8) is 0 Å². The Labute approximate surface area is 110 Å². The highest BCUT2D eigenvalue weighted by atomic mass is 19.1. The predicted octanol–water partition coefficient (Wildman–Crippen LogP) is 3.56. The van der Waals surface area contributed by atoms with Crippen molar-refractivity contribution < 1.29 is 4.39 Å². The highest BCUT2D eigenvalue weighted by Crippen LogP contribution is 2.22. The van der Waals surface area contributed by atoms with Crippen LogP contribution in [0.15, 0.2) is 18.2 Å². The lowest BCUT2D eigenvalue weighted by Gasteiger charge is -2.26. The number of halogens is 1. The molecule has 1 aromatic carbocycles. The maximum Gasteiger partial charge on any atom is 0.123 e. The Kier molecular flexibility index (Phi) is 6.73. The SMILES string of the molecule is CCCCN(CC)c1ccc(F)cc1CNCC. The topological polar surface area (TPSA) is 15.3 Å². The summed E-state index contributed by atoms with van der Waals surface area (Å²) in [6, 6.07) is 5.10. The second-order valence-corrected chi connectivity index (χ2v) is 4.49. The highest BCUT2D eigenvalue weighted by molar-refractivity contribution is 5.53. The average Bonchev–Trinajstić information content (AvgIpc) is 2.38. The third-order valence-corrected chi connectivity index (χ3v) is 3.11. The Hall–Kier alpha value is -1.09. The smallest absolute Gasteiger partial charge is 0.123 e. The van der Waals surface area contributed by atoms with Gasteiger partial charge in [0.05, 0.1) is 0 Å². The van der Waals surface area contributed by atoms with Crippen molar-refractivity contribution in [2.24, 2.45) is 0 Å². The van der Waals surface area contributed by atoms with E-state index < -0.39 is 0 Å². The van der Waals surface area contributed by atoms with Crippen molar-refractivity contribution >= 4 is 5.69 Å². The van der Waals surface area contributed by atoms with Crippen molar-refractivity contribution in [1.82, 2.24) is 5.32 Å². The minimum atomic E-state index is -0.154. The van der Waals surface area contributed by atoms with Gasteiger partial charge in [-0.3, -0.25) is 0 Å². The molecule has 18 heavy (non-hydrogen) atoms. The van der Waals surface area contributed by atoms with Crippen LogP contribution in [0.4, 0.5) is 10.1 Å². The molecule has 0 atom stereocenters. The van der Waals surface area contributed by atoms with Crippen LogP contribution in [0.1, 0.15) is 39.2 Å². The number of benzene rings is 1. The Balaban J connectivity index is 2.89. The summed E-state index contributed by atoms with van der Waals surface area (Å²) < 4.78 is 13.3. The molecular formula is C15H25FN2. The number of hydrogen-bond acceptors (Lipinski definition) is 2. The Morgan fingerprint density at radius 2 is 2.00 bits per heavy atom. The summed E-state index contributed by atoms with van der Waals surface area (Å²) in [6.45, 7) is 10.0. The van der Waals surface area contributed by atoms with Gasteiger partial charge in [0, 0.05) is 25.3 Å². The number of nitrogens with one attached hydrogen (secondary N) is 1. The number of hydrogen-bond donors (Lipinski definition) is 1. The fraction of sp³-hybridized carbons (Fsp3) is 0.600. The summed E-state index contributed by atoms with van der Waals surface area (Å²) in [5, 5.41) is 3.27. The molecule has 1 N–H and O–H groups in total. The molecule has 0 unspecified atom stereocenters. The maximum atomic E-state index is 13.3. The van der Waals surface area contributed by atoms with Gasteiger partial charge >= 0.3 is 0 Å².